The van der Waals surface area contributed by atoms with Crippen LogP contribution in [-0.2, 0) is 0 Å². The third kappa shape index (κ3) is 4.81. The Morgan fingerprint density at radius 2 is 1.22 bits per heavy atom. The van der Waals surface area contributed by atoms with Crippen LogP contribution < -0.4 is 11.1 Å². The molecular weight excluding hydrogens is 468 g/mol. The molecule has 0 aliphatic heterocycles. The zero-order chi connectivity index (χ0) is 25.0. The van der Waals surface area contributed by atoms with Crippen molar-refractivity contribution in [3.05, 3.63) is 103 Å². The normalized spacial score (nSPS) is 11.8. The molecule has 1 atom stereocenters. The van der Waals surface area contributed by atoms with E-state index in [-0.39, 0.29) is 0 Å². The molecule has 3 N–H and O–H groups in total. The first-order valence-electron chi connectivity index (χ1n) is 11.4. The van der Waals surface area contributed by atoms with Crippen LogP contribution in [0.1, 0.15) is 11.7 Å². The minimum absolute atomic E-state index is 0.399. The summed E-state index contributed by atoms with van der Waals surface area (Å²) in [5.41, 5.74) is 11.2. The monoisotopic (exact) mass is 488 g/mol. The maximum atomic E-state index is 6.49. The summed E-state index contributed by atoms with van der Waals surface area (Å²) in [5, 5.41) is 11.5. The Morgan fingerprint density at radius 1 is 0.649 bits per heavy atom. The molecule has 10 heteroatoms. The van der Waals surface area contributed by atoms with Crippen LogP contribution in [0.5, 0.6) is 0 Å². The van der Waals surface area contributed by atoms with Gasteiger partial charge < -0.3 is 20.1 Å². The zero-order valence-electron chi connectivity index (χ0n) is 19.4. The molecule has 4 heterocycles. The van der Waals surface area contributed by atoms with Crippen molar-refractivity contribution in [3.63, 3.8) is 0 Å². The van der Waals surface area contributed by atoms with Gasteiger partial charge in [-0.15, -0.1) is 0 Å². The van der Waals surface area contributed by atoms with Gasteiger partial charge >= 0.3 is 0 Å². The highest BCUT2D eigenvalue weighted by molar-refractivity contribution is 5.64. The molecule has 0 spiro atoms. The predicted molar refractivity (Wildman–Crippen MR) is 136 cm³/mol. The Morgan fingerprint density at radius 3 is 1.81 bits per heavy atom. The number of benzene rings is 2. The average Bonchev–Trinajstić information content (AvgIpc) is 3.65. The molecule has 1 unspecified atom stereocenters. The molecule has 0 saturated carbocycles. The smallest absolute Gasteiger partial charge is 0.258 e. The summed E-state index contributed by atoms with van der Waals surface area (Å²) in [6, 6.07) is 22.7. The van der Waals surface area contributed by atoms with E-state index in [1.54, 1.807) is 24.8 Å². The highest BCUT2D eigenvalue weighted by atomic mass is 16.5. The number of nitrogens with one attached hydrogen (secondary N) is 1. The van der Waals surface area contributed by atoms with E-state index in [4.69, 9.17) is 14.8 Å². The second-order valence-corrected chi connectivity index (χ2v) is 8.16. The van der Waals surface area contributed by atoms with Gasteiger partial charge in [-0.25, -0.2) is 0 Å². The van der Waals surface area contributed by atoms with E-state index in [1.165, 1.54) is 0 Å². The Kier molecular flexibility index (Phi) is 5.89. The molecule has 6 rings (SSSR count). The summed E-state index contributed by atoms with van der Waals surface area (Å²) in [4.78, 5) is 17.2. The van der Waals surface area contributed by atoms with Crippen LogP contribution in [0.25, 0.3) is 45.7 Å². The molecule has 0 aliphatic carbocycles. The highest BCUT2D eigenvalue weighted by Crippen LogP contribution is 2.27. The molecule has 0 saturated heterocycles. The summed E-state index contributed by atoms with van der Waals surface area (Å²) in [6.45, 7) is 0. The molecule has 180 valence electrons. The fourth-order valence-electron chi connectivity index (χ4n) is 3.78. The van der Waals surface area contributed by atoms with Gasteiger partial charge in [0.05, 0.1) is 0 Å². The Bertz CT molecular complexity index is 1630. The van der Waals surface area contributed by atoms with E-state index in [2.05, 4.69) is 35.6 Å². The van der Waals surface area contributed by atoms with Crippen molar-refractivity contribution in [1.29, 1.82) is 0 Å². The van der Waals surface area contributed by atoms with E-state index in [1.807, 2.05) is 72.8 Å². The molecule has 0 bridgehead atoms. The second-order valence-electron chi connectivity index (χ2n) is 8.16. The number of nitrogens with zero attached hydrogens (tertiary/aromatic N) is 6. The molecule has 6 aromatic rings. The van der Waals surface area contributed by atoms with Gasteiger partial charge in [0.2, 0.25) is 11.6 Å². The molecule has 0 fully saturated rings. The Labute approximate surface area is 211 Å². The zero-order valence-corrected chi connectivity index (χ0v) is 19.4. The van der Waals surface area contributed by atoms with Crippen molar-refractivity contribution < 1.29 is 9.05 Å². The first-order chi connectivity index (χ1) is 18.2. The van der Waals surface area contributed by atoms with Crippen LogP contribution in [0.2, 0.25) is 0 Å². The van der Waals surface area contributed by atoms with E-state index in [0.29, 0.717) is 23.4 Å². The van der Waals surface area contributed by atoms with Gasteiger partial charge in [-0.3, -0.25) is 9.97 Å². The number of hydrogen-bond acceptors (Lipinski definition) is 10. The number of nitrogens with two attached hydrogens (primary N) is 1. The summed E-state index contributed by atoms with van der Waals surface area (Å²) < 4.78 is 11.0. The predicted octanol–water partition coefficient (Wildman–Crippen LogP) is 4.98. The van der Waals surface area contributed by atoms with Crippen LogP contribution in [0.15, 0.2) is 107 Å². The Balaban J connectivity index is 1.19. The van der Waals surface area contributed by atoms with Gasteiger partial charge in [-0.1, -0.05) is 28.5 Å². The lowest BCUT2D eigenvalue weighted by Crippen LogP contribution is -2.20. The molecule has 2 aromatic carbocycles. The largest absolute Gasteiger partial charge is 0.366 e. The number of anilines is 1. The molecule has 0 radical (unpaired) electrons. The number of hydrogen-bond donors (Lipinski definition) is 2. The highest BCUT2D eigenvalue weighted by Gasteiger charge is 2.15. The molecule has 0 aliphatic rings. The minimum Gasteiger partial charge on any atom is -0.366 e. The molecular formula is C27H20N8O2. The Hall–Kier alpha value is -5.22. The third-order valence-corrected chi connectivity index (χ3v) is 5.62. The molecule has 4 aromatic heterocycles. The van der Waals surface area contributed by atoms with Crippen molar-refractivity contribution in [2.75, 3.05) is 5.32 Å². The van der Waals surface area contributed by atoms with Crippen LogP contribution in [0, 0.1) is 0 Å². The third-order valence-electron chi connectivity index (χ3n) is 5.62. The number of pyridine rings is 2. The second kappa shape index (κ2) is 9.80. The molecule has 37 heavy (non-hydrogen) atoms. The van der Waals surface area contributed by atoms with Gasteiger partial charge in [-0.05, 0) is 60.2 Å². The lowest BCUT2D eigenvalue weighted by Gasteiger charge is -2.16. The van der Waals surface area contributed by atoms with Crippen LogP contribution >= 0.6 is 0 Å². The maximum absolute atomic E-state index is 6.49. The van der Waals surface area contributed by atoms with Crippen molar-refractivity contribution in [1.82, 2.24) is 30.2 Å². The van der Waals surface area contributed by atoms with Gasteiger partial charge in [0.1, 0.15) is 6.17 Å². The van der Waals surface area contributed by atoms with Crippen LogP contribution in [0.4, 0.5) is 5.69 Å². The summed E-state index contributed by atoms with van der Waals surface area (Å²) in [7, 11) is 0. The summed E-state index contributed by atoms with van der Waals surface area (Å²) >= 11 is 0. The minimum atomic E-state index is -0.496. The van der Waals surface area contributed by atoms with Gasteiger partial charge in [0, 0.05) is 52.7 Å². The van der Waals surface area contributed by atoms with Crippen LogP contribution in [-0.4, -0.2) is 30.2 Å². The summed E-state index contributed by atoms with van der Waals surface area (Å²) in [6.07, 6.45) is 6.27. The topological polar surface area (TPSA) is 142 Å². The van der Waals surface area contributed by atoms with E-state index >= 15 is 0 Å². The van der Waals surface area contributed by atoms with Crippen molar-refractivity contribution in [3.8, 4) is 45.7 Å². The SMILES string of the molecule is NC(Nc1cccc(-c2nc(-c3cccnc3)no2)c1)c1cccc(-c2nc(-c3cccnc3)no2)c1. The fraction of sp³-hybridized carbons (Fsp3) is 0.0370. The molecule has 0 amide bonds. The lowest BCUT2D eigenvalue weighted by atomic mass is 10.1. The first kappa shape index (κ1) is 22.3. The van der Waals surface area contributed by atoms with Gasteiger partial charge in [0.25, 0.3) is 11.8 Å². The number of aromatic nitrogens is 6. The maximum Gasteiger partial charge on any atom is 0.258 e. The molecule has 10 nitrogen and oxygen atoms in total. The van der Waals surface area contributed by atoms with Crippen molar-refractivity contribution in [2.24, 2.45) is 5.73 Å². The standard InChI is InChI=1S/C27H20N8O2/c28-23(17-5-1-6-18(13-17)26-32-24(34-36-26)20-8-3-11-29-15-20)31-22-10-2-7-19(14-22)27-33-25(35-37-27)21-9-4-12-30-16-21/h1-16,23,31H,28H2. The van der Waals surface area contributed by atoms with Gasteiger partial charge in [-0.2, -0.15) is 9.97 Å². The first-order valence-corrected chi connectivity index (χ1v) is 11.4. The quantitative estimate of drug-likeness (QED) is 0.295. The fourth-order valence-corrected chi connectivity index (χ4v) is 3.78. The van der Waals surface area contributed by atoms with E-state index in [9.17, 15) is 0 Å². The summed E-state index contributed by atoms with van der Waals surface area (Å²) in [5.74, 6) is 1.75. The average molecular weight is 489 g/mol. The van der Waals surface area contributed by atoms with Gasteiger partial charge in [0.15, 0.2) is 0 Å². The lowest BCUT2D eigenvalue weighted by molar-refractivity contribution is 0.432. The number of rotatable bonds is 7. The van der Waals surface area contributed by atoms with E-state index < -0.39 is 6.17 Å². The van der Waals surface area contributed by atoms with Crippen LogP contribution in [0.3, 0.4) is 0 Å². The van der Waals surface area contributed by atoms with Crippen molar-refractivity contribution >= 4 is 5.69 Å². The van der Waals surface area contributed by atoms with E-state index in [0.717, 1.165) is 33.5 Å². The van der Waals surface area contributed by atoms with Crippen molar-refractivity contribution in [2.45, 2.75) is 6.17 Å².